The molecular weight excluding hydrogens is 232 g/mol. The average molecular weight is 248 g/mol. The number of hydrogen-bond donors (Lipinski definition) is 0. The Hall–Kier alpha value is -2.10. The van der Waals surface area contributed by atoms with Crippen LogP contribution in [-0.2, 0) is 25.5 Å². The molecule has 0 aliphatic rings. The van der Waals surface area contributed by atoms with E-state index in [4.69, 9.17) is 9.47 Å². The number of esters is 2. The molecule has 0 atom stereocenters. The summed E-state index contributed by atoms with van der Waals surface area (Å²) in [5.74, 6) is -0.710. The second-order valence-electron chi connectivity index (χ2n) is 3.74. The SMILES string of the molecule is CCc1ccc(/C(=C/OC(C)=O)OC(C)=O)cc1. The lowest BCUT2D eigenvalue weighted by Crippen LogP contribution is -2.01. The molecule has 0 unspecified atom stereocenters. The van der Waals surface area contributed by atoms with Gasteiger partial charge in [0.05, 0.1) is 0 Å². The maximum Gasteiger partial charge on any atom is 0.308 e. The Balaban J connectivity index is 2.96. The highest BCUT2D eigenvalue weighted by molar-refractivity contribution is 5.77. The summed E-state index contributed by atoms with van der Waals surface area (Å²) >= 11 is 0. The third kappa shape index (κ3) is 4.41. The average Bonchev–Trinajstić information content (AvgIpc) is 2.34. The first kappa shape index (κ1) is 14.0. The molecule has 0 N–H and O–H groups in total. The van der Waals surface area contributed by atoms with Crippen molar-refractivity contribution in [2.45, 2.75) is 27.2 Å². The molecule has 0 spiro atoms. The normalized spacial score (nSPS) is 10.9. The van der Waals surface area contributed by atoms with Gasteiger partial charge in [0.2, 0.25) is 0 Å². The molecule has 1 aromatic carbocycles. The summed E-state index contributed by atoms with van der Waals surface area (Å²) in [7, 11) is 0. The van der Waals surface area contributed by atoms with Crippen molar-refractivity contribution in [3.05, 3.63) is 41.7 Å². The molecule has 0 saturated carbocycles. The molecule has 0 aliphatic carbocycles. The van der Waals surface area contributed by atoms with E-state index in [-0.39, 0.29) is 5.76 Å². The van der Waals surface area contributed by atoms with Crippen LogP contribution in [0.4, 0.5) is 0 Å². The monoisotopic (exact) mass is 248 g/mol. The van der Waals surface area contributed by atoms with Gasteiger partial charge in [-0.15, -0.1) is 0 Å². The number of hydrogen-bond acceptors (Lipinski definition) is 4. The molecule has 0 radical (unpaired) electrons. The molecule has 0 bridgehead atoms. The molecule has 0 aliphatic heterocycles. The highest BCUT2D eigenvalue weighted by Crippen LogP contribution is 2.17. The molecule has 0 amide bonds. The fraction of sp³-hybridized carbons (Fsp3) is 0.286. The molecule has 0 saturated heterocycles. The van der Waals surface area contributed by atoms with Crippen molar-refractivity contribution in [1.82, 2.24) is 0 Å². The molecule has 4 nitrogen and oxygen atoms in total. The minimum Gasteiger partial charge on any atom is -0.431 e. The Bertz CT molecular complexity index is 457. The zero-order chi connectivity index (χ0) is 13.5. The largest absolute Gasteiger partial charge is 0.431 e. The maximum absolute atomic E-state index is 11.0. The van der Waals surface area contributed by atoms with Crippen molar-refractivity contribution < 1.29 is 19.1 Å². The predicted molar refractivity (Wildman–Crippen MR) is 67.3 cm³/mol. The second-order valence-corrected chi connectivity index (χ2v) is 3.74. The number of aryl methyl sites for hydroxylation is 1. The lowest BCUT2D eigenvalue weighted by atomic mass is 10.1. The third-order valence-corrected chi connectivity index (χ3v) is 2.23. The number of rotatable bonds is 4. The summed E-state index contributed by atoms with van der Waals surface area (Å²) in [6.07, 6.45) is 2.07. The van der Waals surface area contributed by atoms with Gasteiger partial charge in [-0.05, 0) is 12.0 Å². The molecule has 4 heteroatoms. The quantitative estimate of drug-likeness (QED) is 0.607. The van der Waals surface area contributed by atoms with Gasteiger partial charge in [0.25, 0.3) is 0 Å². The van der Waals surface area contributed by atoms with Crippen LogP contribution in [0.5, 0.6) is 0 Å². The Morgan fingerprint density at radius 1 is 1.11 bits per heavy atom. The topological polar surface area (TPSA) is 52.6 Å². The fourth-order valence-corrected chi connectivity index (χ4v) is 1.35. The lowest BCUT2D eigenvalue weighted by Gasteiger charge is -2.07. The first-order valence-corrected chi connectivity index (χ1v) is 5.68. The molecule has 1 aromatic rings. The number of carbonyl (C=O) groups excluding carboxylic acids is 2. The minimum absolute atomic E-state index is 0.223. The summed E-state index contributed by atoms with van der Waals surface area (Å²) in [5, 5.41) is 0. The van der Waals surface area contributed by atoms with Crippen LogP contribution in [0.3, 0.4) is 0 Å². The van der Waals surface area contributed by atoms with Gasteiger partial charge < -0.3 is 9.47 Å². The summed E-state index contributed by atoms with van der Waals surface area (Å²) in [6, 6.07) is 7.50. The zero-order valence-corrected chi connectivity index (χ0v) is 10.7. The number of benzene rings is 1. The molecule has 1 rings (SSSR count). The smallest absolute Gasteiger partial charge is 0.308 e. The van der Waals surface area contributed by atoms with Crippen molar-refractivity contribution in [2.75, 3.05) is 0 Å². The van der Waals surface area contributed by atoms with Gasteiger partial charge in [-0.3, -0.25) is 9.59 Å². The van der Waals surface area contributed by atoms with Crippen molar-refractivity contribution in [2.24, 2.45) is 0 Å². The third-order valence-electron chi connectivity index (χ3n) is 2.23. The number of ether oxygens (including phenoxy) is 2. The van der Waals surface area contributed by atoms with Crippen LogP contribution >= 0.6 is 0 Å². The van der Waals surface area contributed by atoms with E-state index in [1.165, 1.54) is 19.4 Å². The molecular formula is C14H16O4. The summed E-state index contributed by atoms with van der Waals surface area (Å²) in [6.45, 7) is 4.63. The van der Waals surface area contributed by atoms with E-state index >= 15 is 0 Å². The Morgan fingerprint density at radius 2 is 1.72 bits per heavy atom. The highest BCUT2D eigenvalue weighted by Gasteiger charge is 2.07. The van der Waals surface area contributed by atoms with E-state index < -0.39 is 11.9 Å². The first-order chi connectivity index (χ1) is 8.52. The van der Waals surface area contributed by atoms with Crippen molar-refractivity contribution in [3.8, 4) is 0 Å². The maximum atomic E-state index is 11.0. The Morgan fingerprint density at radius 3 is 2.17 bits per heavy atom. The molecule has 18 heavy (non-hydrogen) atoms. The van der Waals surface area contributed by atoms with E-state index in [0.29, 0.717) is 5.56 Å². The van der Waals surface area contributed by atoms with E-state index in [2.05, 4.69) is 6.92 Å². The summed E-state index contributed by atoms with van der Waals surface area (Å²) in [4.78, 5) is 21.8. The molecule has 0 heterocycles. The van der Waals surface area contributed by atoms with Gasteiger partial charge >= 0.3 is 11.9 Å². The zero-order valence-electron chi connectivity index (χ0n) is 10.7. The van der Waals surface area contributed by atoms with Gasteiger partial charge in [-0.1, -0.05) is 31.2 Å². The van der Waals surface area contributed by atoms with Crippen LogP contribution in [0.25, 0.3) is 5.76 Å². The van der Waals surface area contributed by atoms with Crippen molar-refractivity contribution in [1.29, 1.82) is 0 Å². The van der Waals surface area contributed by atoms with E-state index in [1.54, 1.807) is 0 Å². The van der Waals surface area contributed by atoms with Gasteiger partial charge in [-0.25, -0.2) is 0 Å². The van der Waals surface area contributed by atoms with Crippen molar-refractivity contribution in [3.63, 3.8) is 0 Å². The molecule has 0 aromatic heterocycles. The minimum atomic E-state index is -0.468. The van der Waals surface area contributed by atoms with Gasteiger partial charge in [-0.2, -0.15) is 0 Å². The summed E-state index contributed by atoms with van der Waals surface area (Å²) in [5.41, 5.74) is 1.86. The number of carbonyl (C=O) groups is 2. The Labute approximate surface area is 106 Å². The molecule has 96 valence electrons. The fourth-order valence-electron chi connectivity index (χ4n) is 1.35. The van der Waals surface area contributed by atoms with Crippen LogP contribution in [-0.4, -0.2) is 11.9 Å². The van der Waals surface area contributed by atoms with Crippen LogP contribution in [0.15, 0.2) is 30.5 Å². The van der Waals surface area contributed by atoms with Crippen LogP contribution < -0.4 is 0 Å². The van der Waals surface area contributed by atoms with Gasteiger partial charge in [0.15, 0.2) is 5.76 Å². The van der Waals surface area contributed by atoms with E-state index in [9.17, 15) is 9.59 Å². The van der Waals surface area contributed by atoms with Gasteiger partial charge in [0.1, 0.15) is 6.26 Å². The second kappa shape index (κ2) is 6.59. The lowest BCUT2D eigenvalue weighted by molar-refractivity contribution is -0.137. The standard InChI is InChI=1S/C14H16O4/c1-4-12-5-7-13(8-6-12)14(18-11(3)16)9-17-10(2)15/h5-9H,4H2,1-3H3/b14-9-. The predicted octanol–water partition coefficient (Wildman–Crippen LogP) is 2.67. The van der Waals surface area contributed by atoms with Gasteiger partial charge in [0, 0.05) is 19.4 Å². The van der Waals surface area contributed by atoms with E-state index in [0.717, 1.165) is 12.7 Å². The van der Waals surface area contributed by atoms with Crippen LogP contribution in [0.2, 0.25) is 0 Å². The Kier molecular flexibility index (Phi) is 5.11. The van der Waals surface area contributed by atoms with Crippen molar-refractivity contribution >= 4 is 17.7 Å². The summed E-state index contributed by atoms with van der Waals surface area (Å²) < 4.78 is 9.74. The molecule has 0 fully saturated rings. The van der Waals surface area contributed by atoms with Crippen LogP contribution in [0, 0.1) is 0 Å². The first-order valence-electron chi connectivity index (χ1n) is 5.68. The highest BCUT2D eigenvalue weighted by atomic mass is 16.6. The van der Waals surface area contributed by atoms with Crippen LogP contribution in [0.1, 0.15) is 31.9 Å². The van der Waals surface area contributed by atoms with E-state index in [1.807, 2.05) is 24.3 Å².